The minimum Gasteiger partial charge on any atom is -0.508 e. The standard InChI is InChI=1S/C21H20N2O5/c1-12-9-14(24)5-7-18(12)22-19(25)13-4-6-16-17(10-13)21(27)23(20(16)26)11-15-3-2-8-28-15/h4-7,9-10,15,24H,2-3,8,11H2,1H3,(H,22,25). The number of benzene rings is 2. The first-order valence-electron chi connectivity index (χ1n) is 9.17. The van der Waals surface area contributed by atoms with Gasteiger partial charge in [-0.2, -0.15) is 0 Å². The van der Waals surface area contributed by atoms with Gasteiger partial charge in [0.1, 0.15) is 5.75 Å². The fraction of sp³-hybridized carbons (Fsp3) is 0.286. The van der Waals surface area contributed by atoms with Gasteiger partial charge in [0.15, 0.2) is 0 Å². The van der Waals surface area contributed by atoms with E-state index >= 15 is 0 Å². The van der Waals surface area contributed by atoms with Crippen LogP contribution in [-0.2, 0) is 4.74 Å². The third-order valence-corrected chi connectivity index (χ3v) is 5.10. The van der Waals surface area contributed by atoms with Crippen LogP contribution in [-0.4, -0.2) is 47.0 Å². The number of amides is 3. The van der Waals surface area contributed by atoms with E-state index < -0.39 is 11.8 Å². The summed E-state index contributed by atoms with van der Waals surface area (Å²) in [5.74, 6) is -1.03. The molecular weight excluding hydrogens is 360 g/mol. The second kappa shape index (κ2) is 7.09. The quantitative estimate of drug-likeness (QED) is 0.628. The van der Waals surface area contributed by atoms with Crippen LogP contribution in [0.4, 0.5) is 5.69 Å². The van der Waals surface area contributed by atoms with Crippen LogP contribution in [0.2, 0.25) is 0 Å². The first kappa shape index (κ1) is 18.2. The first-order chi connectivity index (χ1) is 13.4. The van der Waals surface area contributed by atoms with Crippen molar-refractivity contribution in [3.63, 3.8) is 0 Å². The molecule has 0 aromatic heterocycles. The lowest BCUT2D eigenvalue weighted by Gasteiger charge is -2.17. The molecule has 1 unspecified atom stereocenters. The summed E-state index contributed by atoms with van der Waals surface area (Å²) in [6, 6.07) is 9.14. The van der Waals surface area contributed by atoms with E-state index in [1.807, 2.05) is 0 Å². The van der Waals surface area contributed by atoms with E-state index in [4.69, 9.17) is 4.74 Å². The topological polar surface area (TPSA) is 95.9 Å². The summed E-state index contributed by atoms with van der Waals surface area (Å²) in [5, 5.41) is 12.2. The number of imide groups is 1. The van der Waals surface area contributed by atoms with Gasteiger partial charge in [0.2, 0.25) is 0 Å². The van der Waals surface area contributed by atoms with Crippen LogP contribution in [0.15, 0.2) is 36.4 Å². The number of hydrogen-bond acceptors (Lipinski definition) is 5. The maximum absolute atomic E-state index is 12.7. The molecule has 28 heavy (non-hydrogen) atoms. The highest BCUT2D eigenvalue weighted by Crippen LogP contribution is 2.27. The average molecular weight is 380 g/mol. The molecule has 0 aliphatic carbocycles. The number of phenolic OH excluding ortho intramolecular Hbond substituents is 1. The highest BCUT2D eigenvalue weighted by molar-refractivity contribution is 6.22. The lowest BCUT2D eigenvalue weighted by Crippen LogP contribution is -2.36. The molecule has 2 aromatic rings. The van der Waals surface area contributed by atoms with Gasteiger partial charge in [0.25, 0.3) is 17.7 Å². The molecule has 144 valence electrons. The van der Waals surface area contributed by atoms with Crippen molar-refractivity contribution in [3.8, 4) is 5.75 Å². The van der Waals surface area contributed by atoms with E-state index in [0.29, 0.717) is 23.4 Å². The summed E-state index contributed by atoms with van der Waals surface area (Å²) < 4.78 is 5.53. The second-order valence-electron chi connectivity index (χ2n) is 7.07. The van der Waals surface area contributed by atoms with Crippen LogP contribution in [0, 0.1) is 6.92 Å². The number of fused-ring (bicyclic) bond motifs is 1. The molecule has 2 aromatic carbocycles. The monoisotopic (exact) mass is 380 g/mol. The summed E-state index contributed by atoms with van der Waals surface area (Å²) in [7, 11) is 0. The molecule has 0 saturated carbocycles. The molecule has 1 fully saturated rings. The Balaban J connectivity index is 1.54. The van der Waals surface area contributed by atoms with Crippen LogP contribution in [0.3, 0.4) is 0 Å². The van der Waals surface area contributed by atoms with E-state index in [9.17, 15) is 19.5 Å². The van der Waals surface area contributed by atoms with Crippen molar-refractivity contribution in [2.24, 2.45) is 0 Å². The summed E-state index contributed by atoms with van der Waals surface area (Å²) in [4.78, 5) is 39.1. The molecule has 2 aliphatic rings. The Hall–Kier alpha value is -3.19. The van der Waals surface area contributed by atoms with Crippen LogP contribution < -0.4 is 5.32 Å². The molecular formula is C21H20N2O5. The van der Waals surface area contributed by atoms with Crippen molar-refractivity contribution in [3.05, 3.63) is 58.7 Å². The zero-order chi connectivity index (χ0) is 19.8. The number of aromatic hydroxyl groups is 1. The molecule has 7 heteroatoms. The van der Waals surface area contributed by atoms with Gasteiger partial charge in [-0.3, -0.25) is 19.3 Å². The van der Waals surface area contributed by atoms with E-state index in [1.54, 1.807) is 19.1 Å². The molecule has 2 heterocycles. The largest absolute Gasteiger partial charge is 0.508 e. The Bertz CT molecular complexity index is 979. The smallest absolute Gasteiger partial charge is 0.261 e. The number of carbonyl (C=O) groups excluding carboxylic acids is 3. The van der Waals surface area contributed by atoms with Gasteiger partial charge < -0.3 is 15.2 Å². The molecule has 2 aliphatic heterocycles. The second-order valence-corrected chi connectivity index (χ2v) is 7.07. The minimum absolute atomic E-state index is 0.114. The number of phenols is 1. The molecule has 0 bridgehead atoms. The lowest BCUT2D eigenvalue weighted by atomic mass is 10.0. The number of hydrogen-bond donors (Lipinski definition) is 2. The third-order valence-electron chi connectivity index (χ3n) is 5.10. The number of aryl methyl sites for hydroxylation is 1. The minimum atomic E-state index is -0.397. The van der Waals surface area contributed by atoms with Crippen molar-refractivity contribution < 1.29 is 24.2 Å². The molecule has 0 radical (unpaired) electrons. The number of carbonyl (C=O) groups is 3. The first-order valence-corrected chi connectivity index (χ1v) is 9.17. The number of ether oxygens (including phenoxy) is 1. The fourth-order valence-electron chi connectivity index (χ4n) is 3.57. The maximum atomic E-state index is 12.7. The summed E-state index contributed by atoms with van der Waals surface area (Å²) in [6.45, 7) is 2.65. The summed E-state index contributed by atoms with van der Waals surface area (Å²) in [5.41, 5.74) is 2.10. The van der Waals surface area contributed by atoms with Crippen molar-refractivity contribution >= 4 is 23.4 Å². The van der Waals surface area contributed by atoms with Crippen molar-refractivity contribution in [2.75, 3.05) is 18.5 Å². The molecule has 3 amide bonds. The predicted octanol–water partition coefficient (Wildman–Crippen LogP) is 2.73. The van der Waals surface area contributed by atoms with Crippen molar-refractivity contribution in [1.82, 2.24) is 4.90 Å². The molecule has 4 rings (SSSR count). The van der Waals surface area contributed by atoms with E-state index in [1.165, 1.54) is 29.2 Å². The number of nitrogens with zero attached hydrogens (tertiary/aromatic N) is 1. The Morgan fingerprint density at radius 3 is 2.68 bits per heavy atom. The Kier molecular flexibility index (Phi) is 4.60. The number of anilines is 1. The van der Waals surface area contributed by atoms with Crippen LogP contribution in [0.5, 0.6) is 5.75 Å². The van der Waals surface area contributed by atoms with Crippen LogP contribution in [0.1, 0.15) is 49.5 Å². The zero-order valence-corrected chi connectivity index (χ0v) is 15.4. The molecule has 2 N–H and O–H groups in total. The Morgan fingerprint density at radius 1 is 1.18 bits per heavy atom. The number of nitrogens with one attached hydrogen (secondary N) is 1. The average Bonchev–Trinajstić information content (AvgIpc) is 3.27. The van der Waals surface area contributed by atoms with Gasteiger partial charge in [0.05, 0.1) is 23.8 Å². The van der Waals surface area contributed by atoms with Crippen molar-refractivity contribution in [1.29, 1.82) is 0 Å². The van der Waals surface area contributed by atoms with E-state index in [2.05, 4.69) is 5.32 Å². The maximum Gasteiger partial charge on any atom is 0.261 e. The Labute approximate surface area is 161 Å². The highest BCUT2D eigenvalue weighted by atomic mass is 16.5. The van der Waals surface area contributed by atoms with Gasteiger partial charge in [-0.25, -0.2) is 0 Å². The van der Waals surface area contributed by atoms with E-state index in [-0.39, 0.29) is 35.4 Å². The van der Waals surface area contributed by atoms with E-state index in [0.717, 1.165) is 12.8 Å². The lowest BCUT2D eigenvalue weighted by molar-refractivity contribution is 0.0475. The summed E-state index contributed by atoms with van der Waals surface area (Å²) in [6.07, 6.45) is 1.63. The molecule has 1 atom stereocenters. The number of rotatable bonds is 4. The van der Waals surface area contributed by atoms with Crippen LogP contribution >= 0.6 is 0 Å². The van der Waals surface area contributed by atoms with Gasteiger partial charge in [-0.05, 0) is 61.7 Å². The molecule has 0 spiro atoms. The highest BCUT2D eigenvalue weighted by Gasteiger charge is 2.37. The van der Waals surface area contributed by atoms with Gasteiger partial charge >= 0.3 is 0 Å². The predicted molar refractivity (Wildman–Crippen MR) is 102 cm³/mol. The Morgan fingerprint density at radius 2 is 1.96 bits per heavy atom. The van der Waals surface area contributed by atoms with Gasteiger partial charge in [0, 0.05) is 17.9 Å². The SMILES string of the molecule is Cc1cc(O)ccc1NC(=O)c1ccc2c(c1)C(=O)N(CC1CCCO1)C2=O. The zero-order valence-electron chi connectivity index (χ0n) is 15.4. The third kappa shape index (κ3) is 3.25. The van der Waals surface area contributed by atoms with Crippen molar-refractivity contribution in [2.45, 2.75) is 25.9 Å². The summed E-state index contributed by atoms with van der Waals surface area (Å²) >= 11 is 0. The van der Waals surface area contributed by atoms with Crippen LogP contribution in [0.25, 0.3) is 0 Å². The molecule has 1 saturated heterocycles. The molecule has 7 nitrogen and oxygen atoms in total. The fourth-order valence-corrected chi connectivity index (χ4v) is 3.57. The van der Waals surface area contributed by atoms with Gasteiger partial charge in [-0.15, -0.1) is 0 Å². The normalized spacial score (nSPS) is 18.5. The van der Waals surface area contributed by atoms with Gasteiger partial charge in [-0.1, -0.05) is 0 Å².